The van der Waals surface area contributed by atoms with Crippen molar-refractivity contribution >= 4 is 5.91 Å². The summed E-state index contributed by atoms with van der Waals surface area (Å²) in [4.78, 5) is 12.3. The highest BCUT2D eigenvalue weighted by Crippen LogP contribution is 2.22. The maximum Gasteiger partial charge on any atom is 0.241 e. The Labute approximate surface area is 120 Å². The molecule has 2 rings (SSSR count). The van der Waals surface area contributed by atoms with E-state index in [2.05, 4.69) is 16.7 Å². The van der Waals surface area contributed by atoms with Gasteiger partial charge in [0.25, 0.3) is 0 Å². The van der Waals surface area contributed by atoms with Crippen LogP contribution in [-0.4, -0.2) is 30.7 Å². The number of rotatable bonds is 6. The van der Waals surface area contributed by atoms with Crippen molar-refractivity contribution in [3.8, 4) is 0 Å². The van der Waals surface area contributed by atoms with Crippen molar-refractivity contribution in [1.82, 2.24) is 10.6 Å². The fourth-order valence-corrected chi connectivity index (χ4v) is 2.59. The van der Waals surface area contributed by atoms with Crippen molar-refractivity contribution in [1.29, 1.82) is 0 Å². The second-order valence-corrected chi connectivity index (χ2v) is 5.56. The molecule has 1 heterocycles. The number of aliphatic hydroxyl groups excluding tert-OH is 1. The van der Waals surface area contributed by atoms with Gasteiger partial charge in [-0.05, 0) is 36.3 Å². The lowest BCUT2D eigenvalue weighted by molar-refractivity contribution is -0.123. The first-order valence-electron chi connectivity index (χ1n) is 7.42. The van der Waals surface area contributed by atoms with Gasteiger partial charge in [0.15, 0.2) is 0 Å². The first-order chi connectivity index (χ1) is 9.72. The van der Waals surface area contributed by atoms with Crippen LogP contribution in [0.4, 0.5) is 0 Å². The van der Waals surface area contributed by atoms with Gasteiger partial charge in [-0.2, -0.15) is 0 Å². The highest BCUT2D eigenvalue weighted by atomic mass is 16.3. The number of nitrogens with one attached hydrogen (secondary N) is 2. The number of hydrogen-bond acceptors (Lipinski definition) is 3. The topological polar surface area (TPSA) is 61.4 Å². The molecule has 4 nitrogen and oxygen atoms in total. The zero-order chi connectivity index (χ0) is 14.4. The quantitative estimate of drug-likeness (QED) is 0.688. The molecule has 1 amide bonds. The molecule has 2 unspecified atom stereocenters. The maximum absolute atomic E-state index is 12.3. The smallest absolute Gasteiger partial charge is 0.241 e. The molecule has 4 heteroatoms. The molecule has 0 saturated carbocycles. The molecule has 1 aliphatic rings. The summed E-state index contributed by atoms with van der Waals surface area (Å²) in [6, 6.07) is 7.90. The van der Waals surface area contributed by atoms with Crippen LogP contribution in [0, 0.1) is 5.92 Å². The number of carbonyl (C=O) groups is 1. The van der Waals surface area contributed by atoms with Gasteiger partial charge in [-0.25, -0.2) is 0 Å². The van der Waals surface area contributed by atoms with E-state index in [-0.39, 0.29) is 18.6 Å². The minimum Gasteiger partial charge on any atom is -0.396 e. The molecule has 2 atom stereocenters. The lowest BCUT2D eigenvalue weighted by Crippen LogP contribution is -2.41. The van der Waals surface area contributed by atoms with Crippen LogP contribution in [0.2, 0.25) is 0 Å². The van der Waals surface area contributed by atoms with Gasteiger partial charge in [-0.3, -0.25) is 4.79 Å². The summed E-state index contributed by atoms with van der Waals surface area (Å²) in [6.45, 7) is 3.74. The van der Waals surface area contributed by atoms with Crippen molar-refractivity contribution < 1.29 is 9.90 Å². The van der Waals surface area contributed by atoms with Crippen LogP contribution in [0.5, 0.6) is 0 Å². The summed E-state index contributed by atoms with van der Waals surface area (Å²) in [6.07, 6.45) is 2.82. The van der Waals surface area contributed by atoms with Gasteiger partial charge in [-0.15, -0.1) is 0 Å². The zero-order valence-corrected chi connectivity index (χ0v) is 12.1. The normalized spacial score (nSPS) is 19.2. The number of hydrogen-bond donors (Lipinski definition) is 3. The summed E-state index contributed by atoms with van der Waals surface area (Å²) >= 11 is 0. The lowest BCUT2D eigenvalue weighted by Gasteiger charge is -2.26. The summed E-state index contributed by atoms with van der Waals surface area (Å²) in [5.74, 6) is 0.356. The number of carbonyl (C=O) groups excluding carboxylic acids is 1. The Morgan fingerprint density at radius 3 is 3.10 bits per heavy atom. The first-order valence-corrected chi connectivity index (χ1v) is 7.42. The Kier molecular flexibility index (Phi) is 5.56. The van der Waals surface area contributed by atoms with Gasteiger partial charge in [0, 0.05) is 19.7 Å². The van der Waals surface area contributed by atoms with Gasteiger partial charge in [-0.1, -0.05) is 31.2 Å². The third kappa shape index (κ3) is 3.81. The number of aliphatic hydroxyl groups is 1. The van der Waals surface area contributed by atoms with Crippen LogP contribution in [0.25, 0.3) is 0 Å². The van der Waals surface area contributed by atoms with E-state index >= 15 is 0 Å². The largest absolute Gasteiger partial charge is 0.396 e. The molecule has 0 radical (unpaired) electrons. The fourth-order valence-electron chi connectivity index (χ4n) is 2.59. The average molecular weight is 276 g/mol. The maximum atomic E-state index is 12.3. The van der Waals surface area contributed by atoms with E-state index in [1.807, 2.05) is 25.1 Å². The minimum atomic E-state index is -0.227. The lowest BCUT2D eigenvalue weighted by atomic mass is 9.94. The Morgan fingerprint density at radius 1 is 1.50 bits per heavy atom. The standard InChI is InChI=1S/C16H24N2O2/c1-12(11-19)5-4-9-18-16(20)15-14-7-3-2-6-13(14)8-10-17-15/h2-3,6-7,12,15,17,19H,4-5,8-11H2,1H3,(H,18,20). The van der Waals surface area contributed by atoms with E-state index in [9.17, 15) is 4.79 Å². The molecule has 1 aliphatic heterocycles. The van der Waals surface area contributed by atoms with Gasteiger partial charge in [0.1, 0.15) is 6.04 Å². The minimum absolute atomic E-state index is 0.0498. The molecular formula is C16H24N2O2. The van der Waals surface area contributed by atoms with Crippen LogP contribution in [-0.2, 0) is 11.2 Å². The molecule has 0 fully saturated rings. The monoisotopic (exact) mass is 276 g/mol. The van der Waals surface area contributed by atoms with E-state index in [1.54, 1.807) is 0 Å². The average Bonchev–Trinajstić information content (AvgIpc) is 2.50. The summed E-state index contributed by atoms with van der Waals surface area (Å²) in [5, 5.41) is 15.2. The highest BCUT2D eigenvalue weighted by molar-refractivity contribution is 5.83. The van der Waals surface area contributed by atoms with Crippen LogP contribution >= 0.6 is 0 Å². The van der Waals surface area contributed by atoms with Crippen LogP contribution in [0.3, 0.4) is 0 Å². The number of benzene rings is 1. The molecule has 0 bridgehead atoms. The second-order valence-electron chi connectivity index (χ2n) is 5.56. The third-order valence-electron chi connectivity index (χ3n) is 3.86. The van der Waals surface area contributed by atoms with Crippen molar-refractivity contribution in [2.75, 3.05) is 19.7 Å². The molecule has 20 heavy (non-hydrogen) atoms. The highest BCUT2D eigenvalue weighted by Gasteiger charge is 2.25. The summed E-state index contributed by atoms with van der Waals surface area (Å²) < 4.78 is 0. The zero-order valence-electron chi connectivity index (χ0n) is 12.1. The fraction of sp³-hybridized carbons (Fsp3) is 0.562. The molecule has 110 valence electrons. The molecule has 0 aliphatic carbocycles. The molecule has 0 spiro atoms. The Bertz CT molecular complexity index is 448. The molecule has 3 N–H and O–H groups in total. The molecular weight excluding hydrogens is 252 g/mol. The van der Waals surface area contributed by atoms with Crippen LogP contribution in [0.1, 0.15) is 36.9 Å². The SMILES string of the molecule is CC(CO)CCCNC(=O)C1NCCc2ccccc21. The van der Waals surface area contributed by atoms with Crippen molar-refractivity contribution in [2.45, 2.75) is 32.2 Å². The Hall–Kier alpha value is -1.39. The third-order valence-corrected chi connectivity index (χ3v) is 3.86. The van der Waals surface area contributed by atoms with Crippen LogP contribution in [0.15, 0.2) is 24.3 Å². The first kappa shape index (κ1) is 15.0. The van der Waals surface area contributed by atoms with Gasteiger partial charge >= 0.3 is 0 Å². The van der Waals surface area contributed by atoms with E-state index in [0.29, 0.717) is 12.5 Å². The van der Waals surface area contributed by atoms with Crippen molar-refractivity contribution in [3.05, 3.63) is 35.4 Å². The number of fused-ring (bicyclic) bond motifs is 1. The van der Waals surface area contributed by atoms with E-state index in [4.69, 9.17) is 5.11 Å². The predicted octanol–water partition coefficient (Wildman–Crippen LogP) is 1.40. The Morgan fingerprint density at radius 2 is 2.30 bits per heavy atom. The van der Waals surface area contributed by atoms with Crippen molar-refractivity contribution in [3.63, 3.8) is 0 Å². The van der Waals surface area contributed by atoms with Crippen molar-refractivity contribution in [2.24, 2.45) is 5.92 Å². The van der Waals surface area contributed by atoms with Gasteiger partial charge < -0.3 is 15.7 Å². The van der Waals surface area contributed by atoms with E-state index in [0.717, 1.165) is 31.4 Å². The molecule has 1 aromatic carbocycles. The summed E-state index contributed by atoms with van der Waals surface area (Å²) in [7, 11) is 0. The van der Waals surface area contributed by atoms with E-state index < -0.39 is 0 Å². The second kappa shape index (κ2) is 7.41. The van der Waals surface area contributed by atoms with Crippen LogP contribution < -0.4 is 10.6 Å². The van der Waals surface area contributed by atoms with Gasteiger partial charge in [0.2, 0.25) is 5.91 Å². The predicted molar refractivity (Wildman–Crippen MR) is 79.4 cm³/mol. The molecule has 1 aromatic rings. The number of amides is 1. The Balaban J connectivity index is 1.85. The molecule has 0 aromatic heterocycles. The summed E-state index contributed by atoms with van der Waals surface area (Å²) in [5.41, 5.74) is 2.36. The van der Waals surface area contributed by atoms with Gasteiger partial charge in [0.05, 0.1) is 0 Å². The molecule has 0 saturated heterocycles. The van der Waals surface area contributed by atoms with E-state index in [1.165, 1.54) is 5.56 Å².